The van der Waals surface area contributed by atoms with E-state index in [0.717, 1.165) is 28.4 Å². The molecule has 10 heteroatoms. The maximum atomic E-state index is 13.2. The Morgan fingerprint density at radius 2 is 1.70 bits per heavy atom. The summed E-state index contributed by atoms with van der Waals surface area (Å²) in [6, 6.07) is 10.6. The number of aromatic nitrogens is 3. The third-order valence-electron chi connectivity index (χ3n) is 4.40. The molecule has 0 saturated carbocycles. The van der Waals surface area contributed by atoms with E-state index in [9.17, 15) is 17.6 Å². The zero-order valence-electron chi connectivity index (χ0n) is 15.1. The molecule has 0 radical (unpaired) electrons. The normalized spacial score (nSPS) is 11.7. The number of benzene rings is 2. The van der Waals surface area contributed by atoms with Crippen LogP contribution in [0.2, 0.25) is 10.0 Å². The van der Waals surface area contributed by atoms with Gasteiger partial charge in [-0.1, -0.05) is 29.3 Å². The molecule has 0 unspecified atom stereocenters. The fourth-order valence-electron chi connectivity index (χ4n) is 2.95. The molecule has 2 heterocycles. The number of rotatable bonds is 5. The van der Waals surface area contributed by atoms with Crippen molar-refractivity contribution in [1.82, 2.24) is 14.2 Å². The van der Waals surface area contributed by atoms with Gasteiger partial charge in [-0.2, -0.15) is 17.6 Å². The second-order valence-corrected chi connectivity index (χ2v) is 8.96. The van der Waals surface area contributed by atoms with Gasteiger partial charge in [-0.05, 0) is 42.5 Å². The summed E-state index contributed by atoms with van der Waals surface area (Å²) in [5, 5.41) is 4.85. The predicted molar refractivity (Wildman–Crippen MR) is 111 cm³/mol. The van der Waals surface area contributed by atoms with Gasteiger partial charge >= 0.3 is 0 Å². The Hall–Kier alpha value is -2.81. The largest absolute Gasteiger partial charge is 0.294 e. The lowest BCUT2D eigenvalue weighted by molar-refractivity contribution is 0.0992. The Morgan fingerprint density at radius 1 is 1.03 bits per heavy atom. The van der Waals surface area contributed by atoms with Crippen LogP contribution in [0.3, 0.4) is 0 Å². The van der Waals surface area contributed by atoms with Gasteiger partial charge in [-0.3, -0.25) is 9.78 Å². The van der Waals surface area contributed by atoms with E-state index in [4.69, 9.17) is 23.2 Å². The quantitative estimate of drug-likeness (QED) is 0.405. The molecule has 152 valence electrons. The Kier molecular flexibility index (Phi) is 5.31. The summed E-state index contributed by atoms with van der Waals surface area (Å²) >= 11 is 12.2. The van der Waals surface area contributed by atoms with E-state index in [2.05, 4.69) is 10.1 Å². The van der Waals surface area contributed by atoms with E-state index in [0.29, 0.717) is 11.1 Å². The van der Waals surface area contributed by atoms with Crippen LogP contribution in [0.4, 0.5) is 4.39 Å². The number of carbonyl (C=O) groups excluding carboxylic acids is 1. The highest BCUT2D eigenvalue weighted by molar-refractivity contribution is 7.90. The summed E-state index contributed by atoms with van der Waals surface area (Å²) in [5.74, 6) is -0.910. The molecule has 0 atom stereocenters. The van der Waals surface area contributed by atoms with Crippen LogP contribution in [-0.2, 0) is 16.4 Å². The van der Waals surface area contributed by atoms with Crippen molar-refractivity contribution < 1.29 is 17.6 Å². The monoisotopic (exact) mass is 463 g/mol. The molecule has 0 bridgehead atoms. The van der Waals surface area contributed by atoms with Gasteiger partial charge in [0.1, 0.15) is 5.82 Å². The van der Waals surface area contributed by atoms with Gasteiger partial charge in [-0.25, -0.2) is 4.39 Å². The molecule has 0 aliphatic carbocycles. The molecule has 0 saturated heterocycles. The number of hydrogen-bond donors (Lipinski definition) is 0. The van der Waals surface area contributed by atoms with Crippen LogP contribution < -0.4 is 0 Å². The topological polar surface area (TPSA) is 81.9 Å². The Balaban J connectivity index is 1.73. The highest BCUT2D eigenvalue weighted by Gasteiger charge is 2.22. The first-order valence-corrected chi connectivity index (χ1v) is 10.8. The standard InChI is InChI=1S/C20H12Cl2FN3O3S/c21-16-2-1-3-17(22)20(16)19(27)9-14-8-18-12(10-24-14)11-25-26(18)30(28,29)15-6-4-13(23)5-7-15/h1-8,10-11H,9H2. The first-order valence-electron chi connectivity index (χ1n) is 8.58. The first kappa shape index (κ1) is 20.5. The van der Waals surface area contributed by atoms with Crippen molar-refractivity contribution in [2.75, 3.05) is 0 Å². The van der Waals surface area contributed by atoms with E-state index in [1.165, 1.54) is 18.5 Å². The second-order valence-electron chi connectivity index (χ2n) is 6.38. The number of hydrogen-bond acceptors (Lipinski definition) is 5. The van der Waals surface area contributed by atoms with E-state index < -0.39 is 15.8 Å². The summed E-state index contributed by atoms with van der Waals surface area (Å²) in [7, 11) is -4.07. The Labute approximate surface area is 180 Å². The third-order valence-corrected chi connectivity index (χ3v) is 6.64. The lowest BCUT2D eigenvalue weighted by Gasteiger charge is -2.08. The number of nitrogens with zero attached hydrogens (tertiary/aromatic N) is 3. The average molecular weight is 464 g/mol. The zero-order valence-corrected chi connectivity index (χ0v) is 17.4. The Morgan fingerprint density at radius 3 is 2.37 bits per heavy atom. The molecule has 0 fully saturated rings. The maximum absolute atomic E-state index is 13.2. The average Bonchev–Trinajstić information content (AvgIpc) is 3.12. The summed E-state index contributed by atoms with van der Waals surface area (Å²) in [4.78, 5) is 16.8. The highest BCUT2D eigenvalue weighted by Crippen LogP contribution is 2.26. The lowest BCUT2D eigenvalue weighted by Crippen LogP contribution is -2.14. The zero-order chi connectivity index (χ0) is 21.5. The number of pyridine rings is 1. The van der Waals surface area contributed by atoms with E-state index >= 15 is 0 Å². The number of Topliss-reactive ketones (excluding diaryl/α,β-unsaturated/α-hetero) is 1. The van der Waals surface area contributed by atoms with Crippen molar-refractivity contribution in [1.29, 1.82) is 0 Å². The van der Waals surface area contributed by atoms with Gasteiger partial charge in [0.2, 0.25) is 0 Å². The van der Waals surface area contributed by atoms with Gasteiger partial charge in [0.15, 0.2) is 5.78 Å². The van der Waals surface area contributed by atoms with Crippen LogP contribution in [0.25, 0.3) is 10.9 Å². The van der Waals surface area contributed by atoms with Crippen LogP contribution in [0.1, 0.15) is 16.1 Å². The van der Waals surface area contributed by atoms with Crippen LogP contribution in [-0.4, -0.2) is 28.4 Å². The minimum Gasteiger partial charge on any atom is -0.294 e. The molecule has 6 nitrogen and oxygen atoms in total. The molecule has 0 N–H and O–H groups in total. The van der Waals surface area contributed by atoms with Crippen molar-refractivity contribution >= 4 is 49.9 Å². The maximum Gasteiger partial charge on any atom is 0.283 e. The van der Waals surface area contributed by atoms with Crippen molar-refractivity contribution in [3.63, 3.8) is 0 Å². The second kappa shape index (κ2) is 7.79. The molecular formula is C20H12Cl2FN3O3S. The molecule has 0 aliphatic rings. The molecule has 0 amide bonds. The molecule has 2 aromatic heterocycles. The van der Waals surface area contributed by atoms with Gasteiger partial charge in [0.05, 0.1) is 44.3 Å². The third kappa shape index (κ3) is 3.69. The van der Waals surface area contributed by atoms with Crippen molar-refractivity contribution in [2.45, 2.75) is 11.3 Å². The fraction of sp³-hybridized carbons (Fsp3) is 0.0500. The van der Waals surface area contributed by atoms with Crippen molar-refractivity contribution in [2.24, 2.45) is 0 Å². The summed E-state index contributed by atoms with van der Waals surface area (Å²) < 4.78 is 39.8. The Bertz CT molecular complexity index is 1370. The fourth-order valence-corrected chi connectivity index (χ4v) is 4.83. The molecular weight excluding hydrogens is 452 g/mol. The number of halogens is 3. The lowest BCUT2D eigenvalue weighted by atomic mass is 10.1. The molecule has 0 aliphatic heterocycles. The minimum absolute atomic E-state index is 0.119. The highest BCUT2D eigenvalue weighted by atomic mass is 35.5. The smallest absolute Gasteiger partial charge is 0.283 e. The molecule has 30 heavy (non-hydrogen) atoms. The number of carbonyl (C=O) groups is 1. The number of ketones is 1. The SMILES string of the molecule is O=C(Cc1cc2c(cn1)cnn2S(=O)(=O)c1ccc(F)cc1)c1c(Cl)cccc1Cl. The van der Waals surface area contributed by atoms with Crippen LogP contribution >= 0.6 is 23.2 Å². The van der Waals surface area contributed by atoms with Crippen LogP contribution in [0.5, 0.6) is 0 Å². The minimum atomic E-state index is -4.07. The van der Waals surface area contributed by atoms with E-state index in [-0.39, 0.29) is 38.2 Å². The van der Waals surface area contributed by atoms with Crippen LogP contribution in [0.15, 0.2) is 65.8 Å². The van der Waals surface area contributed by atoms with E-state index in [1.54, 1.807) is 18.2 Å². The van der Waals surface area contributed by atoms with Gasteiger partial charge < -0.3 is 0 Å². The van der Waals surface area contributed by atoms with Gasteiger partial charge in [-0.15, -0.1) is 0 Å². The van der Waals surface area contributed by atoms with Crippen molar-refractivity contribution in [3.05, 3.63) is 88.0 Å². The van der Waals surface area contributed by atoms with Crippen molar-refractivity contribution in [3.8, 4) is 0 Å². The summed E-state index contributed by atoms with van der Waals surface area (Å²) in [5.41, 5.74) is 0.733. The molecule has 0 spiro atoms. The van der Waals surface area contributed by atoms with Gasteiger partial charge in [0, 0.05) is 11.6 Å². The number of fused-ring (bicyclic) bond motifs is 1. The van der Waals surface area contributed by atoms with E-state index in [1.807, 2.05) is 0 Å². The molecule has 4 aromatic rings. The summed E-state index contributed by atoms with van der Waals surface area (Å²) in [6.45, 7) is 0. The molecule has 2 aromatic carbocycles. The first-order chi connectivity index (χ1) is 14.3. The van der Waals surface area contributed by atoms with Gasteiger partial charge in [0.25, 0.3) is 10.0 Å². The predicted octanol–water partition coefficient (Wildman–Crippen LogP) is 4.54. The summed E-state index contributed by atoms with van der Waals surface area (Å²) in [6.07, 6.45) is 2.64. The van der Waals surface area contributed by atoms with Crippen LogP contribution in [0, 0.1) is 5.82 Å². The molecule has 4 rings (SSSR count).